The van der Waals surface area contributed by atoms with Crippen molar-refractivity contribution in [2.45, 2.75) is 104 Å². The smallest absolute Gasteiger partial charge is 0.405 e. The Hall–Kier alpha value is -2.79. The maximum atomic E-state index is 13.6. The third-order valence-corrected chi connectivity index (χ3v) is 6.60. The van der Waals surface area contributed by atoms with Crippen molar-refractivity contribution in [2.75, 3.05) is 6.54 Å². The Bertz CT molecular complexity index is 892. The lowest BCUT2D eigenvalue weighted by atomic mass is 9.82. The Labute approximate surface area is 209 Å². The van der Waals surface area contributed by atoms with E-state index >= 15 is 0 Å². The minimum absolute atomic E-state index is 0.136. The third kappa shape index (κ3) is 7.86. The molecule has 2 fully saturated rings. The Morgan fingerprint density at radius 2 is 1.64 bits per heavy atom. The number of carboxylic acid groups (broad SMARTS) is 1. The van der Waals surface area contributed by atoms with Crippen LogP contribution in [0.25, 0.3) is 0 Å². The van der Waals surface area contributed by atoms with Crippen molar-refractivity contribution in [3.63, 3.8) is 0 Å². The van der Waals surface area contributed by atoms with Gasteiger partial charge in [0.1, 0.15) is 12.1 Å². The molecule has 2 aliphatic rings. The van der Waals surface area contributed by atoms with Gasteiger partial charge in [-0.25, -0.2) is 13.6 Å². The van der Waals surface area contributed by atoms with Crippen LogP contribution in [0.3, 0.4) is 0 Å². The molecular weight excluding hydrogens is 478 g/mol. The molecule has 0 aromatic rings. The number of hydrogen-bond acceptors (Lipinski definition) is 5. The van der Waals surface area contributed by atoms with Crippen LogP contribution < -0.4 is 16.0 Å². The van der Waals surface area contributed by atoms with E-state index in [4.69, 9.17) is 0 Å². The summed E-state index contributed by atoms with van der Waals surface area (Å²) >= 11 is 0. The molecule has 3 atom stereocenters. The van der Waals surface area contributed by atoms with Crippen molar-refractivity contribution in [3.8, 4) is 0 Å². The minimum atomic E-state index is -3.12. The molecule has 0 aromatic heterocycles. The number of Topliss-reactive ketones (excluding diaryl/α,β-unsaturated/α-hetero) is 1. The molecule has 1 saturated heterocycles. The number of amides is 4. The molecule has 4 N–H and O–H groups in total. The zero-order valence-electron chi connectivity index (χ0n) is 21.7. The maximum Gasteiger partial charge on any atom is 0.405 e. The number of hydrogen-bond donors (Lipinski definition) is 4. The second kappa shape index (κ2) is 10.7. The minimum Gasteiger partial charge on any atom is -0.465 e. The summed E-state index contributed by atoms with van der Waals surface area (Å²) in [5.74, 6) is -6.45. The lowest BCUT2D eigenvalue weighted by molar-refractivity contribution is -0.145. The van der Waals surface area contributed by atoms with Crippen LogP contribution in [0.5, 0.6) is 0 Å². The Kier molecular flexibility index (Phi) is 8.73. The van der Waals surface area contributed by atoms with Crippen LogP contribution in [0.4, 0.5) is 13.6 Å². The summed E-state index contributed by atoms with van der Waals surface area (Å²) in [5.41, 5.74) is -1.57. The molecule has 0 bridgehead atoms. The van der Waals surface area contributed by atoms with Crippen LogP contribution in [0, 0.1) is 10.8 Å². The highest BCUT2D eigenvalue weighted by molar-refractivity contribution is 6.38. The summed E-state index contributed by atoms with van der Waals surface area (Å²) < 4.78 is 27.1. The zero-order valence-corrected chi connectivity index (χ0v) is 21.7. The summed E-state index contributed by atoms with van der Waals surface area (Å²) in [4.78, 5) is 64.6. The molecule has 4 amide bonds. The van der Waals surface area contributed by atoms with E-state index in [0.29, 0.717) is 13.3 Å². The summed E-state index contributed by atoms with van der Waals surface area (Å²) in [7, 11) is 0. The lowest BCUT2D eigenvalue weighted by Gasteiger charge is -2.37. The van der Waals surface area contributed by atoms with E-state index < -0.39 is 77.3 Å². The van der Waals surface area contributed by atoms with Crippen molar-refractivity contribution in [1.82, 2.24) is 20.9 Å². The zero-order chi connectivity index (χ0) is 27.6. The fourth-order valence-electron chi connectivity index (χ4n) is 4.33. The first kappa shape index (κ1) is 29.4. The molecule has 1 saturated carbocycles. The van der Waals surface area contributed by atoms with E-state index in [1.54, 1.807) is 34.6 Å². The van der Waals surface area contributed by atoms with Crippen LogP contribution in [0.2, 0.25) is 0 Å². The van der Waals surface area contributed by atoms with E-state index in [-0.39, 0.29) is 12.6 Å². The van der Waals surface area contributed by atoms with Crippen LogP contribution in [0.15, 0.2) is 0 Å². The largest absolute Gasteiger partial charge is 0.465 e. The molecule has 1 aliphatic heterocycles. The Balaban J connectivity index is 2.29. The topological polar surface area (TPSA) is 145 Å². The van der Waals surface area contributed by atoms with Crippen LogP contribution >= 0.6 is 0 Å². The molecule has 2 rings (SSSR count). The molecule has 36 heavy (non-hydrogen) atoms. The molecule has 10 nitrogen and oxygen atoms in total. The molecule has 1 heterocycles. The van der Waals surface area contributed by atoms with Crippen molar-refractivity contribution in [3.05, 3.63) is 0 Å². The van der Waals surface area contributed by atoms with Gasteiger partial charge in [-0.3, -0.25) is 19.2 Å². The summed E-state index contributed by atoms with van der Waals surface area (Å²) in [6.07, 6.45) is -0.736. The summed E-state index contributed by atoms with van der Waals surface area (Å²) in [5, 5.41) is 16.4. The number of carbonyl (C=O) groups is 5. The van der Waals surface area contributed by atoms with Gasteiger partial charge in [0.2, 0.25) is 23.5 Å². The van der Waals surface area contributed by atoms with Gasteiger partial charge in [-0.15, -0.1) is 0 Å². The Morgan fingerprint density at radius 3 is 2.11 bits per heavy atom. The fraction of sp³-hybridized carbons (Fsp3) is 0.792. The molecule has 0 unspecified atom stereocenters. The average molecular weight is 517 g/mol. The van der Waals surface area contributed by atoms with Gasteiger partial charge in [0.05, 0.1) is 6.04 Å². The number of nitrogens with zero attached hydrogens (tertiary/aromatic N) is 1. The number of nitrogens with one attached hydrogen (secondary N) is 3. The number of ketones is 1. The normalized spacial score (nSPS) is 21.3. The van der Waals surface area contributed by atoms with E-state index in [9.17, 15) is 37.9 Å². The van der Waals surface area contributed by atoms with E-state index in [1.807, 2.05) is 0 Å². The predicted molar refractivity (Wildman–Crippen MR) is 126 cm³/mol. The quantitative estimate of drug-likeness (QED) is 0.327. The fourth-order valence-corrected chi connectivity index (χ4v) is 4.33. The first-order chi connectivity index (χ1) is 16.3. The monoisotopic (exact) mass is 516 g/mol. The maximum absolute atomic E-state index is 13.6. The van der Waals surface area contributed by atoms with Gasteiger partial charge in [-0.2, -0.15) is 0 Å². The highest BCUT2D eigenvalue weighted by Crippen LogP contribution is 2.38. The van der Waals surface area contributed by atoms with Gasteiger partial charge in [0.15, 0.2) is 0 Å². The van der Waals surface area contributed by atoms with Gasteiger partial charge >= 0.3 is 6.09 Å². The molecule has 0 aromatic carbocycles. The lowest BCUT2D eigenvalue weighted by Crippen LogP contribution is -2.60. The Morgan fingerprint density at radius 1 is 1.06 bits per heavy atom. The first-order valence-electron chi connectivity index (χ1n) is 12.2. The molecule has 204 valence electrons. The van der Waals surface area contributed by atoms with Crippen molar-refractivity contribution in [2.24, 2.45) is 10.8 Å². The van der Waals surface area contributed by atoms with E-state index in [2.05, 4.69) is 16.0 Å². The molecule has 0 spiro atoms. The second-order valence-electron chi connectivity index (χ2n) is 11.7. The van der Waals surface area contributed by atoms with Gasteiger partial charge in [0.25, 0.3) is 5.91 Å². The van der Waals surface area contributed by atoms with Crippen LogP contribution in [-0.4, -0.2) is 76.2 Å². The highest BCUT2D eigenvalue weighted by atomic mass is 19.3. The predicted octanol–water partition coefficient (Wildman–Crippen LogP) is 2.06. The molecular formula is C24H38F2N4O6. The SMILES string of the molecule is CC(F)(F)CC[C@H](NC(=O)[C@H]1N(C(=O)[C@@H](NC(=O)O)C(C)(C)C)CCC1(C)C)C(=O)C(=O)NC1CC1. The van der Waals surface area contributed by atoms with E-state index in [1.165, 1.54) is 4.90 Å². The van der Waals surface area contributed by atoms with E-state index in [0.717, 1.165) is 12.8 Å². The standard InChI is InChI=1S/C24H38F2N4O6/c1-22(2,3)16(29-21(35)36)20(34)30-12-11-23(4,5)17(30)19(33)28-14(9-10-24(6,25)26)15(31)18(32)27-13-7-8-13/h13-14,16-17,29H,7-12H2,1-6H3,(H,27,32)(H,28,33)(H,35,36)/t14-,16+,17+/m0/s1. The number of alkyl halides is 2. The number of carbonyl (C=O) groups excluding carboxylic acids is 4. The number of likely N-dealkylation sites (tertiary alicyclic amines) is 1. The summed E-state index contributed by atoms with van der Waals surface area (Å²) in [6, 6.07) is -3.89. The number of halogens is 2. The van der Waals surface area contributed by atoms with Gasteiger partial charge in [-0.1, -0.05) is 34.6 Å². The molecule has 12 heteroatoms. The molecule has 1 aliphatic carbocycles. The van der Waals surface area contributed by atoms with Gasteiger partial charge in [0, 0.05) is 19.0 Å². The van der Waals surface area contributed by atoms with Crippen molar-refractivity contribution < 1.29 is 37.9 Å². The van der Waals surface area contributed by atoms with Crippen LogP contribution in [0.1, 0.15) is 73.6 Å². The molecule has 0 radical (unpaired) electrons. The third-order valence-electron chi connectivity index (χ3n) is 6.60. The average Bonchev–Trinajstić information content (AvgIpc) is 3.47. The van der Waals surface area contributed by atoms with Crippen LogP contribution in [-0.2, 0) is 19.2 Å². The van der Waals surface area contributed by atoms with Gasteiger partial charge in [-0.05, 0) is 43.4 Å². The highest BCUT2D eigenvalue weighted by Gasteiger charge is 2.50. The summed E-state index contributed by atoms with van der Waals surface area (Å²) in [6.45, 7) is 9.38. The van der Waals surface area contributed by atoms with Crippen molar-refractivity contribution in [1.29, 1.82) is 0 Å². The van der Waals surface area contributed by atoms with Gasteiger partial charge < -0.3 is 26.0 Å². The second-order valence-corrected chi connectivity index (χ2v) is 11.7. The first-order valence-corrected chi connectivity index (χ1v) is 12.2. The van der Waals surface area contributed by atoms with Crippen molar-refractivity contribution >= 4 is 29.6 Å². The number of rotatable bonds is 10.